The number of carbonyl (C=O) groups is 2. The Bertz CT molecular complexity index is 1340. The van der Waals surface area contributed by atoms with Gasteiger partial charge in [-0.25, -0.2) is 4.68 Å². The van der Waals surface area contributed by atoms with Crippen LogP contribution in [0.1, 0.15) is 21.5 Å². The summed E-state index contributed by atoms with van der Waals surface area (Å²) in [7, 11) is 1.71. The zero-order valence-corrected chi connectivity index (χ0v) is 19.3. The van der Waals surface area contributed by atoms with Crippen LogP contribution in [-0.2, 0) is 11.3 Å². The third kappa shape index (κ3) is 5.42. The molecule has 3 aromatic carbocycles. The van der Waals surface area contributed by atoms with Crippen molar-refractivity contribution in [1.29, 1.82) is 0 Å². The van der Waals surface area contributed by atoms with E-state index in [0.717, 1.165) is 28.1 Å². The monoisotopic (exact) mass is 470 g/mol. The average molecular weight is 471 g/mol. The third-order valence-electron chi connectivity index (χ3n) is 5.29. The van der Waals surface area contributed by atoms with Gasteiger partial charge in [-0.15, -0.1) is 0 Å². The summed E-state index contributed by atoms with van der Waals surface area (Å²) < 4.78 is 1.78. The van der Waals surface area contributed by atoms with Gasteiger partial charge in [0, 0.05) is 47.6 Å². The predicted octanol–water partition coefficient (Wildman–Crippen LogP) is 4.96. The second-order valence-corrected chi connectivity index (χ2v) is 8.25. The van der Waals surface area contributed by atoms with Gasteiger partial charge in [-0.05, 0) is 48.0 Å². The van der Waals surface area contributed by atoms with Crippen LogP contribution >= 0.6 is 11.6 Å². The van der Waals surface area contributed by atoms with E-state index >= 15 is 0 Å². The zero-order valence-electron chi connectivity index (χ0n) is 18.6. The van der Waals surface area contributed by atoms with Crippen LogP contribution in [0, 0.1) is 0 Å². The highest BCUT2D eigenvalue weighted by Crippen LogP contribution is 2.26. The van der Waals surface area contributed by atoms with E-state index in [1.54, 1.807) is 40.9 Å². The molecule has 6 nitrogen and oxygen atoms in total. The van der Waals surface area contributed by atoms with E-state index < -0.39 is 5.91 Å². The van der Waals surface area contributed by atoms with Gasteiger partial charge >= 0.3 is 0 Å². The number of amides is 2. The molecule has 0 saturated carbocycles. The number of para-hydroxylation sites is 1. The Morgan fingerprint density at radius 2 is 1.76 bits per heavy atom. The second kappa shape index (κ2) is 10.2. The van der Waals surface area contributed by atoms with E-state index in [9.17, 15) is 9.59 Å². The topological polar surface area (TPSA) is 81.2 Å². The van der Waals surface area contributed by atoms with Crippen molar-refractivity contribution in [3.63, 3.8) is 0 Å². The molecule has 2 N–H and O–H groups in total. The Morgan fingerprint density at radius 3 is 2.47 bits per heavy atom. The molecular weight excluding hydrogens is 448 g/mol. The van der Waals surface area contributed by atoms with Gasteiger partial charge in [-0.2, -0.15) is 5.10 Å². The number of carbonyl (C=O) groups excluding carboxylic acids is 2. The molecule has 2 amide bonds. The van der Waals surface area contributed by atoms with E-state index in [1.807, 2.05) is 66.9 Å². The van der Waals surface area contributed by atoms with Crippen LogP contribution in [0.15, 0.2) is 91.1 Å². The molecule has 0 aliphatic carbocycles. The van der Waals surface area contributed by atoms with Gasteiger partial charge in [-0.1, -0.05) is 54.1 Å². The van der Waals surface area contributed by atoms with Crippen LogP contribution in [0.5, 0.6) is 0 Å². The van der Waals surface area contributed by atoms with Crippen molar-refractivity contribution in [2.75, 3.05) is 7.05 Å². The third-order valence-corrected chi connectivity index (χ3v) is 5.55. The lowest BCUT2D eigenvalue weighted by Crippen LogP contribution is -2.24. The molecule has 0 aliphatic heterocycles. The number of rotatable bonds is 7. The molecule has 1 heterocycles. The van der Waals surface area contributed by atoms with E-state index in [1.165, 1.54) is 6.08 Å². The van der Waals surface area contributed by atoms with Crippen molar-refractivity contribution in [3.8, 4) is 16.9 Å². The van der Waals surface area contributed by atoms with Crippen molar-refractivity contribution in [3.05, 3.63) is 113 Å². The van der Waals surface area contributed by atoms with Crippen molar-refractivity contribution in [2.45, 2.75) is 6.54 Å². The summed E-state index contributed by atoms with van der Waals surface area (Å²) in [6.45, 7) is 0.345. The standard InChI is InChI=1S/C27H23ClN4O2/c1-31(17-19-6-5-7-21(16-19)27(29)34)25(33)15-12-22-18-32(24-8-3-2-4-9-24)30-26(22)20-10-13-23(28)14-11-20/h2-16,18H,17H2,1H3,(H2,29,34)/b15-12+. The number of nitrogens with two attached hydrogens (primary N) is 1. The van der Waals surface area contributed by atoms with Gasteiger partial charge in [0.2, 0.25) is 11.8 Å². The first-order valence-electron chi connectivity index (χ1n) is 10.6. The number of primary amides is 1. The minimum Gasteiger partial charge on any atom is -0.366 e. The highest BCUT2D eigenvalue weighted by Gasteiger charge is 2.12. The summed E-state index contributed by atoms with van der Waals surface area (Å²) in [5, 5.41) is 5.39. The fourth-order valence-electron chi connectivity index (χ4n) is 3.52. The molecule has 0 spiro atoms. The maximum atomic E-state index is 12.8. The van der Waals surface area contributed by atoms with Crippen LogP contribution < -0.4 is 5.73 Å². The lowest BCUT2D eigenvalue weighted by atomic mass is 10.1. The largest absolute Gasteiger partial charge is 0.366 e. The van der Waals surface area contributed by atoms with Crippen LogP contribution in [0.3, 0.4) is 0 Å². The molecular formula is C27H23ClN4O2. The molecule has 7 heteroatoms. The first-order chi connectivity index (χ1) is 16.4. The maximum Gasteiger partial charge on any atom is 0.248 e. The first kappa shape index (κ1) is 23.0. The summed E-state index contributed by atoms with van der Waals surface area (Å²) in [5.41, 5.74) is 9.92. The summed E-state index contributed by atoms with van der Waals surface area (Å²) in [6.07, 6.45) is 5.16. The Hall–Kier alpha value is -4.16. The molecule has 170 valence electrons. The van der Waals surface area contributed by atoms with Crippen molar-refractivity contribution < 1.29 is 9.59 Å². The van der Waals surface area contributed by atoms with Crippen LogP contribution in [0.25, 0.3) is 23.0 Å². The summed E-state index contributed by atoms with van der Waals surface area (Å²) in [6, 6.07) is 24.1. The number of nitrogens with zero attached hydrogens (tertiary/aromatic N) is 3. The van der Waals surface area contributed by atoms with Gasteiger partial charge < -0.3 is 10.6 Å². The maximum absolute atomic E-state index is 12.8. The van der Waals surface area contributed by atoms with Gasteiger partial charge in [0.25, 0.3) is 0 Å². The SMILES string of the molecule is CN(Cc1cccc(C(N)=O)c1)C(=O)/C=C/c1cn(-c2ccccc2)nc1-c1ccc(Cl)cc1. The fourth-order valence-corrected chi connectivity index (χ4v) is 3.64. The lowest BCUT2D eigenvalue weighted by Gasteiger charge is -2.15. The minimum absolute atomic E-state index is 0.181. The molecule has 0 bridgehead atoms. The number of halogens is 1. The van der Waals surface area contributed by atoms with E-state index in [0.29, 0.717) is 17.1 Å². The fraction of sp³-hybridized carbons (Fsp3) is 0.0741. The molecule has 4 aromatic rings. The summed E-state index contributed by atoms with van der Waals surface area (Å²) in [5.74, 6) is -0.681. The quantitative estimate of drug-likeness (QED) is 0.387. The van der Waals surface area contributed by atoms with Crippen LogP contribution in [0.2, 0.25) is 5.02 Å². The van der Waals surface area contributed by atoms with Gasteiger partial charge in [0.05, 0.1) is 11.4 Å². The van der Waals surface area contributed by atoms with Crippen LogP contribution in [-0.4, -0.2) is 33.5 Å². The Kier molecular flexibility index (Phi) is 6.90. The highest BCUT2D eigenvalue weighted by atomic mass is 35.5. The summed E-state index contributed by atoms with van der Waals surface area (Å²) >= 11 is 6.06. The highest BCUT2D eigenvalue weighted by molar-refractivity contribution is 6.30. The number of hydrogen-bond donors (Lipinski definition) is 1. The molecule has 0 atom stereocenters. The Morgan fingerprint density at radius 1 is 1.03 bits per heavy atom. The number of hydrogen-bond acceptors (Lipinski definition) is 3. The van der Waals surface area contributed by atoms with E-state index in [-0.39, 0.29) is 5.91 Å². The molecule has 4 rings (SSSR count). The molecule has 0 saturated heterocycles. The number of likely N-dealkylation sites (N-methyl/N-ethyl adjacent to an activating group) is 1. The molecule has 34 heavy (non-hydrogen) atoms. The van der Waals surface area contributed by atoms with Crippen molar-refractivity contribution >= 4 is 29.5 Å². The van der Waals surface area contributed by atoms with Crippen molar-refractivity contribution in [1.82, 2.24) is 14.7 Å². The Labute approximate surface area is 202 Å². The normalized spacial score (nSPS) is 11.0. The van der Waals surface area contributed by atoms with E-state index in [2.05, 4.69) is 0 Å². The zero-order chi connectivity index (χ0) is 24.1. The molecule has 0 radical (unpaired) electrons. The van der Waals surface area contributed by atoms with E-state index in [4.69, 9.17) is 22.4 Å². The van der Waals surface area contributed by atoms with Gasteiger partial charge in [-0.3, -0.25) is 9.59 Å². The predicted molar refractivity (Wildman–Crippen MR) is 134 cm³/mol. The van der Waals surface area contributed by atoms with Crippen molar-refractivity contribution in [2.24, 2.45) is 5.73 Å². The number of benzene rings is 3. The average Bonchev–Trinajstić information content (AvgIpc) is 3.28. The minimum atomic E-state index is -0.499. The first-order valence-corrected chi connectivity index (χ1v) is 11.0. The van der Waals surface area contributed by atoms with Gasteiger partial charge in [0.15, 0.2) is 0 Å². The smallest absolute Gasteiger partial charge is 0.248 e. The lowest BCUT2D eigenvalue weighted by molar-refractivity contribution is -0.125. The molecule has 0 unspecified atom stereocenters. The van der Waals surface area contributed by atoms with Crippen LogP contribution in [0.4, 0.5) is 0 Å². The molecule has 0 aliphatic rings. The molecule has 0 fully saturated rings. The number of aromatic nitrogens is 2. The Balaban J connectivity index is 1.59. The molecule has 1 aromatic heterocycles. The van der Waals surface area contributed by atoms with Gasteiger partial charge in [0.1, 0.15) is 0 Å². The second-order valence-electron chi connectivity index (χ2n) is 7.81. The summed E-state index contributed by atoms with van der Waals surface area (Å²) in [4.78, 5) is 25.8.